The molecule has 0 heterocycles. The van der Waals surface area contributed by atoms with Gasteiger partial charge in [-0.2, -0.15) is 0 Å². The van der Waals surface area contributed by atoms with E-state index in [2.05, 4.69) is 15.9 Å². The van der Waals surface area contributed by atoms with E-state index >= 15 is 0 Å². The second kappa shape index (κ2) is 4.30. The summed E-state index contributed by atoms with van der Waals surface area (Å²) in [5, 5.41) is 20.6. The first kappa shape index (κ1) is 12.2. The van der Waals surface area contributed by atoms with E-state index < -0.39 is 21.2 Å². The molecule has 80 valence electrons. The van der Waals surface area contributed by atoms with E-state index in [0.29, 0.717) is 0 Å². The molecule has 0 bridgehead atoms. The molecular formula is C6HBrCl2N2O4. The third-order valence-electron chi connectivity index (χ3n) is 1.50. The highest BCUT2D eigenvalue weighted by molar-refractivity contribution is 9.10. The first-order valence-electron chi connectivity index (χ1n) is 3.32. The third kappa shape index (κ3) is 2.19. The standard InChI is InChI=1S/C6HBrCl2N2O4/c7-4-2(8)1-3(10(12)13)6(5(4)9)11(14)15/h1H. The molecule has 0 aliphatic rings. The Hall–Kier alpha value is -0.920. The molecule has 15 heavy (non-hydrogen) atoms. The minimum atomic E-state index is -0.929. The summed E-state index contributed by atoms with van der Waals surface area (Å²) in [7, 11) is 0. The normalized spacial score (nSPS) is 10.1. The molecule has 0 saturated carbocycles. The van der Waals surface area contributed by atoms with E-state index in [-0.39, 0.29) is 14.5 Å². The third-order valence-corrected chi connectivity index (χ3v) is 3.44. The van der Waals surface area contributed by atoms with Crippen molar-refractivity contribution in [2.75, 3.05) is 0 Å². The van der Waals surface area contributed by atoms with Gasteiger partial charge in [0, 0.05) is 6.07 Å². The molecule has 0 aromatic heterocycles. The van der Waals surface area contributed by atoms with Crippen molar-refractivity contribution in [3.8, 4) is 0 Å². The average Bonchev–Trinajstić information content (AvgIpc) is 2.12. The van der Waals surface area contributed by atoms with Gasteiger partial charge in [-0.05, 0) is 15.9 Å². The Morgan fingerprint density at radius 1 is 1.20 bits per heavy atom. The zero-order chi connectivity index (χ0) is 11.7. The summed E-state index contributed by atoms with van der Waals surface area (Å²) < 4.78 is 0.0585. The molecule has 0 unspecified atom stereocenters. The Kier molecular flexibility index (Phi) is 3.48. The number of rotatable bonds is 2. The molecule has 0 aliphatic carbocycles. The van der Waals surface area contributed by atoms with Crippen LogP contribution >= 0.6 is 39.1 Å². The summed E-state index contributed by atoms with van der Waals surface area (Å²) in [5.74, 6) is 0. The van der Waals surface area contributed by atoms with Crippen molar-refractivity contribution in [3.05, 3.63) is 40.8 Å². The number of hydrogen-bond acceptors (Lipinski definition) is 4. The number of hydrogen-bond donors (Lipinski definition) is 0. The van der Waals surface area contributed by atoms with Gasteiger partial charge in [-0.3, -0.25) is 20.2 Å². The van der Waals surface area contributed by atoms with Crippen LogP contribution in [0.3, 0.4) is 0 Å². The summed E-state index contributed by atoms with van der Waals surface area (Å²) in [6.45, 7) is 0. The molecule has 1 rings (SSSR count). The molecule has 0 fully saturated rings. The van der Waals surface area contributed by atoms with E-state index in [9.17, 15) is 20.2 Å². The predicted molar refractivity (Wildman–Crippen MR) is 57.5 cm³/mol. The maximum absolute atomic E-state index is 10.6. The Bertz CT molecular complexity index is 465. The molecule has 0 N–H and O–H groups in total. The topological polar surface area (TPSA) is 86.3 Å². The fourth-order valence-corrected chi connectivity index (χ4v) is 1.70. The maximum atomic E-state index is 10.6. The van der Waals surface area contributed by atoms with Gasteiger partial charge in [0.2, 0.25) is 0 Å². The lowest BCUT2D eigenvalue weighted by Gasteiger charge is -2.01. The lowest BCUT2D eigenvalue weighted by molar-refractivity contribution is -0.422. The fourth-order valence-electron chi connectivity index (χ4n) is 0.886. The SMILES string of the molecule is O=[N+]([O-])c1cc(Cl)c(Br)c(Cl)c1[N+](=O)[O-]. The van der Waals surface area contributed by atoms with Gasteiger partial charge < -0.3 is 0 Å². The minimum absolute atomic E-state index is 0.0581. The second-order valence-corrected chi connectivity index (χ2v) is 3.95. The smallest absolute Gasteiger partial charge is 0.258 e. The van der Waals surface area contributed by atoms with Crippen LogP contribution < -0.4 is 0 Å². The van der Waals surface area contributed by atoms with Gasteiger partial charge in [0.15, 0.2) is 0 Å². The van der Waals surface area contributed by atoms with Crippen LogP contribution in [0.25, 0.3) is 0 Å². The van der Waals surface area contributed by atoms with Crippen LogP contribution in [0.4, 0.5) is 11.4 Å². The molecule has 0 spiro atoms. The maximum Gasteiger partial charge on any atom is 0.365 e. The highest BCUT2D eigenvalue weighted by atomic mass is 79.9. The van der Waals surface area contributed by atoms with Crippen LogP contribution in [0.15, 0.2) is 10.5 Å². The van der Waals surface area contributed by atoms with Gasteiger partial charge in [-0.1, -0.05) is 23.2 Å². The second-order valence-electron chi connectivity index (χ2n) is 2.37. The van der Waals surface area contributed by atoms with Gasteiger partial charge in [-0.25, -0.2) is 0 Å². The summed E-state index contributed by atoms with van der Waals surface area (Å²) in [4.78, 5) is 19.2. The van der Waals surface area contributed by atoms with Crippen LogP contribution in [0.2, 0.25) is 10.0 Å². The minimum Gasteiger partial charge on any atom is -0.258 e. The van der Waals surface area contributed by atoms with Crippen molar-refractivity contribution in [2.45, 2.75) is 0 Å². The number of halogens is 3. The van der Waals surface area contributed by atoms with Gasteiger partial charge in [0.05, 0.1) is 19.3 Å². The van der Waals surface area contributed by atoms with E-state index in [0.717, 1.165) is 6.07 Å². The fraction of sp³-hybridized carbons (Fsp3) is 0. The van der Waals surface area contributed by atoms with Crippen LogP contribution in [-0.4, -0.2) is 9.85 Å². The lowest BCUT2D eigenvalue weighted by Crippen LogP contribution is -1.98. The molecule has 0 radical (unpaired) electrons. The molecule has 0 atom stereocenters. The number of nitro groups is 2. The number of nitrogens with zero attached hydrogens (tertiary/aromatic N) is 2. The summed E-state index contributed by atoms with van der Waals surface area (Å²) in [6.07, 6.45) is 0. The van der Waals surface area contributed by atoms with E-state index in [4.69, 9.17) is 23.2 Å². The van der Waals surface area contributed by atoms with Gasteiger partial charge in [-0.15, -0.1) is 0 Å². The van der Waals surface area contributed by atoms with E-state index in [1.165, 1.54) is 0 Å². The number of nitro benzene ring substituents is 2. The van der Waals surface area contributed by atoms with Crippen LogP contribution in [0, 0.1) is 20.2 Å². The Balaban J connectivity index is 3.65. The van der Waals surface area contributed by atoms with Crippen molar-refractivity contribution in [1.29, 1.82) is 0 Å². The molecule has 0 saturated heterocycles. The summed E-state index contributed by atoms with van der Waals surface area (Å²) >= 11 is 14.0. The monoisotopic (exact) mass is 314 g/mol. The largest absolute Gasteiger partial charge is 0.365 e. The first-order chi connectivity index (χ1) is 6.86. The van der Waals surface area contributed by atoms with Gasteiger partial charge in [0.1, 0.15) is 5.02 Å². The Labute approximate surface area is 101 Å². The van der Waals surface area contributed by atoms with E-state index in [1.807, 2.05) is 0 Å². The van der Waals surface area contributed by atoms with Crippen LogP contribution in [0.1, 0.15) is 0 Å². The van der Waals surface area contributed by atoms with Gasteiger partial charge in [0.25, 0.3) is 0 Å². The van der Waals surface area contributed by atoms with Crippen molar-refractivity contribution in [3.63, 3.8) is 0 Å². The van der Waals surface area contributed by atoms with Crippen molar-refractivity contribution < 1.29 is 9.85 Å². The van der Waals surface area contributed by atoms with Crippen molar-refractivity contribution in [2.24, 2.45) is 0 Å². The first-order valence-corrected chi connectivity index (χ1v) is 4.87. The molecule has 9 heteroatoms. The zero-order valence-corrected chi connectivity index (χ0v) is 9.84. The quantitative estimate of drug-likeness (QED) is 0.474. The van der Waals surface area contributed by atoms with Crippen LogP contribution in [0.5, 0.6) is 0 Å². The molecule has 0 aliphatic heterocycles. The lowest BCUT2D eigenvalue weighted by atomic mass is 10.3. The Morgan fingerprint density at radius 2 is 1.73 bits per heavy atom. The van der Waals surface area contributed by atoms with E-state index in [1.54, 1.807) is 0 Å². The molecule has 1 aromatic carbocycles. The Morgan fingerprint density at radius 3 is 2.13 bits per heavy atom. The highest BCUT2D eigenvalue weighted by Gasteiger charge is 2.31. The molecular weight excluding hydrogens is 315 g/mol. The molecule has 0 amide bonds. The summed E-state index contributed by atoms with van der Waals surface area (Å²) in [5.41, 5.74) is -1.52. The zero-order valence-electron chi connectivity index (χ0n) is 6.74. The van der Waals surface area contributed by atoms with Crippen molar-refractivity contribution in [1.82, 2.24) is 0 Å². The highest BCUT2D eigenvalue weighted by Crippen LogP contribution is 2.43. The molecule has 6 nitrogen and oxygen atoms in total. The van der Waals surface area contributed by atoms with Crippen LogP contribution in [-0.2, 0) is 0 Å². The molecule has 1 aromatic rings. The predicted octanol–water partition coefficient (Wildman–Crippen LogP) is 3.57. The summed E-state index contributed by atoms with van der Waals surface area (Å²) in [6, 6.07) is 0.871. The van der Waals surface area contributed by atoms with Gasteiger partial charge >= 0.3 is 11.4 Å². The average molecular weight is 316 g/mol. The van der Waals surface area contributed by atoms with Crippen molar-refractivity contribution >= 4 is 50.5 Å². The number of benzene rings is 1.